The van der Waals surface area contributed by atoms with E-state index in [9.17, 15) is 9.90 Å². The molecule has 0 aliphatic carbocycles. The second kappa shape index (κ2) is 10.6. The van der Waals surface area contributed by atoms with Gasteiger partial charge in [-0.3, -0.25) is 9.78 Å². The summed E-state index contributed by atoms with van der Waals surface area (Å²) < 4.78 is 0. The first kappa shape index (κ1) is 24.1. The largest absolute Gasteiger partial charge is 0.394 e. The van der Waals surface area contributed by atoms with Gasteiger partial charge in [0, 0.05) is 49.4 Å². The van der Waals surface area contributed by atoms with Gasteiger partial charge in [0.1, 0.15) is 16.3 Å². The number of pyridine rings is 1. The van der Waals surface area contributed by atoms with E-state index in [2.05, 4.69) is 26.3 Å². The molecule has 0 radical (unpaired) electrons. The lowest BCUT2D eigenvalue weighted by molar-refractivity contribution is 0.0740. The van der Waals surface area contributed by atoms with E-state index in [1.807, 2.05) is 48.2 Å². The van der Waals surface area contributed by atoms with Crippen molar-refractivity contribution in [1.82, 2.24) is 19.9 Å². The molecule has 1 amide bonds. The van der Waals surface area contributed by atoms with E-state index in [1.165, 1.54) is 0 Å². The standard InChI is InChI=1S/C26H28N6O3S/c1-17-13-21-23(29-26(30-24(21)36-17)28-15-20(34)16-33)31-9-11-32(12-10-31)25(35)22-8-7-19(14-27-22)18-5-3-2-4-6-18/h2-8,13-14,20,33-34H,9-12,15-16H2,1H3,(H,28,29,30)/t20-/m1/s1. The van der Waals surface area contributed by atoms with E-state index in [1.54, 1.807) is 23.6 Å². The van der Waals surface area contributed by atoms with Gasteiger partial charge in [-0.15, -0.1) is 11.3 Å². The first-order valence-electron chi connectivity index (χ1n) is 11.9. The molecule has 5 rings (SSSR count). The van der Waals surface area contributed by atoms with Gasteiger partial charge in [0.15, 0.2) is 0 Å². The first-order valence-corrected chi connectivity index (χ1v) is 12.7. The number of nitrogens with one attached hydrogen (secondary N) is 1. The van der Waals surface area contributed by atoms with Gasteiger partial charge in [0.2, 0.25) is 5.95 Å². The summed E-state index contributed by atoms with van der Waals surface area (Å²) in [5.41, 5.74) is 2.49. The van der Waals surface area contributed by atoms with Crippen molar-refractivity contribution in [3.63, 3.8) is 0 Å². The smallest absolute Gasteiger partial charge is 0.272 e. The second-order valence-electron chi connectivity index (χ2n) is 8.74. The SMILES string of the molecule is Cc1cc2c(N3CCN(C(=O)c4ccc(-c5ccccc5)cn4)CC3)nc(NC[C@@H](O)CO)nc2s1. The number of thiophene rings is 1. The van der Waals surface area contributed by atoms with Crippen LogP contribution in [0.4, 0.5) is 11.8 Å². The zero-order chi connectivity index (χ0) is 25.1. The molecule has 1 atom stereocenters. The molecule has 3 aromatic heterocycles. The van der Waals surface area contributed by atoms with Crippen molar-refractivity contribution in [1.29, 1.82) is 0 Å². The summed E-state index contributed by atoms with van der Waals surface area (Å²) in [6.07, 6.45) is 0.861. The number of aryl methyl sites for hydroxylation is 1. The molecular weight excluding hydrogens is 476 g/mol. The summed E-state index contributed by atoms with van der Waals surface area (Å²) in [6, 6.07) is 15.8. The van der Waals surface area contributed by atoms with Crippen molar-refractivity contribution in [2.24, 2.45) is 0 Å². The molecule has 36 heavy (non-hydrogen) atoms. The summed E-state index contributed by atoms with van der Waals surface area (Å²) in [5, 5.41) is 22.8. The maximum Gasteiger partial charge on any atom is 0.272 e. The number of anilines is 2. The molecule has 0 unspecified atom stereocenters. The van der Waals surface area contributed by atoms with E-state index in [4.69, 9.17) is 10.1 Å². The highest BCUT2D eigenvalue weighted by molar-refractivity contribution is 7.18. The number of fused-ring (bicyclic) bond motifs is 1. The van der Waals surface area contributed by atoms with Crippen LogP contribution in [0, 0.1) is 6.92 Å². The Morgan fingerprint density at radius 1 is 1.08 bits per heavy atom. The third kappa shape index (κ3) is 5.15. The Bertz CT molecular complexity index is 1340. The predicted molar refractivity (Wildman–Crippen MR) is 142 cm³/mol. The minimum Gasteiger partial charge on any atom is -0.394 e. The molecule has 0 saturated carbocycles. The topological polar surface area (TPSA) is 115 Å². The summed E-state index contributed by atoms with van der Waals surface area (Å²) in [6.45, 7) is 4.24. The van der Waals surface area contributed by atoms with E-state index >= 15 is 0 Å². The van der Waals surface area contributed by atoms with Crippen molar-refractivity contribution in [3.8, 4) is 11.1 Å². The van der Waals surface area contributed by atoms with Crippen molar-refractivity contribution in [3.05, 3.63) is 65.3 Å². The zero-order valence-electron chi connectivity index (χ0n) is 20.0. The molecule has 0 spiro atoms. The van der Waals surface area contributed by atoms with Gasteiger partial charge < -0.3 is 25.3 Å². The number of carbonyl (C=O) groups excluding carboxylic acids is 1. The number of nitrogens with zero attached hydrogens (tertiary/aromatic N) is 5. The van der Waals surface area contributed by atoms with Crippen LogP contribution in [0.5, 0.6) is 0 Å². The molecule has 0 bridgehead atoms. The second-order valence-corrected chi connectivity index (χ2v) is 9.98. The molecule has 1 aromatic carbocycles. The minimum absolute atomic E-state index is 0.0752. The molecule has 1 aliphatic rings. The number of piperazine rings is 1. The molecule has 3 N–H and O–H groups in total. The van der Waals surface area contributed by atoms with Gasteiger partial charge in [-0.05, 0) is 24.6 Å². The van der Waals surface area contributed by atoms with Gasteiger partial charge in [0.05, 0.1) is 18.1 Å². The van der Waals surface area contributed by atoms with Crippen LogP contribution in [0.2, 0.25) is 0 Å². The number of rotatable bonds is 7. The monoisotopic (exact) mass is 504 g/mol. The summed E-state index contributed by atoms with van der Waals surface area (Å²) in [4.78, 5) is 32.8. The van der Waals surface area contributed by atoms with Crippen LogP contribution in [0.3, 0.4) is 0 Å². The third-order valence-corrected chi connectivity index (χ3v) is 7.10. The molecule has 1 fully saturated rings. The van der Waals surface area contributed by atoms with E-state index in [0.717, 1.165) is 32.0 Å². The Kier molecular flexibility index (Phi) is 7.08. The van der Waals surface area contributed by atoms with Crippen LogP contribution in [0.1, 0.15) is 15.4 Å². The minimum atomic E-state index is -0.886. The molecule has 186 valence electrons. The fraction of sp³-hybridized carbons (Fsp3) is 0.308. The number of aromatic nitrogens is 3. The predicted octanol–water partition coefficient (Wildman–Crippen LogP) is 2.79. The summed E-state index contributed by atoms with van der Waals surface area (Å²) in [5.74, 6) is 1.14. The average molecular weight is 505 g/mol. The highest BCUT2D eigenvalue weighted by Crippen LogP contribution is 2.32. The van der Waals surface area contributed by atoms with Gasteiger partial charge in [-0.1, -0.05) is 36.4 Å². The lowest BCUT2D eigenvalue weighted by atomic mass is 10.1. The number of aliphatic hydroxyl groups excluding tert-OH is 2. The van der Waals surface area contributed by atoms with E-state index in [-0.39, 0.29) is 19.1 Å². The number of hydrogen-bond donors (Lipinski definition) is 3. The third-order valence-electron chi connectivity index (χ3n) is 6.16. The van der Waals surface area contributed by atoms with Crippen LogP contribution in [-0.4, -0.2) is 81.4 Å². The maximum atomic E-state index is 13.1. The maximum absolute atomic E-state index is 13.1. The Labute approximate surface area is 213 Å². The Morgan fingerprint density at radius 3 is 2.56 bits per heavy atom. The number of carbonyl (C=O) groups is 1. The Hall–Kier alpha value is -3.60. The van der Waals surface area contributed by atoms with Crippen LogP contribution >= 0.6 is 11.3 Å². The fourth-order valence-electron chi connectivity index (χ4n) is 4.23. The number of hydrogen-bond acceptors (Lipinski definition) is 9. The van der Waals surface area contributed by atoms with Crippen LogP contribution in [0.25, 0.3) is 21.3 Å². The molecular formula is C26H28N6O3S. The Balaban J connectivity index is 1.28. The molecule has 1 aliphatic heterocycles. The van der Waals surface area contributed by atoms with Crippen LogP contribution < -0.4 is 10.2 Å². The molecule has 10 heteroatoms. The van der Waals surface area contributed by atoms with Gasteiger partial charge in [0.25, 0.3) is 5.91 Å². The van der Waals surface area contributed by atoms with E-state index in [0.29, 0.717) is 37.8 Å². The number of benzene rings is 1. The molecule has 9 nitrogen and oxygen atoms in total. The lowest BCUT2D eigenvalue weighted by Gasteiger charge is -2.35. The number of aliphatic hydroxyl groups is 2. The zero-order valence-corrected chi connectivity index (χ0v) is 20.8. The molecule has 4 aromatic rings. The van der Waals surface area contributed by atoms with Crippen molar-refractivity contribution < 1.29 is 15.0 Å². The quantitative estimate of drug-likeness (QED) is 0.352. The molecule has 1 saturated heterocycles. The van der Waals surface area contributed by atoms with Crippen molar-refractivity contribution >= 4 is 39.2 Å². The first-order chi connectivity index (χ1) is 17.5. The van der Waals surface area contributed by atoms with Crippen molar-refractivity contribution in [2.75, 3.05) is 49.5 Å². The highest BCUT2D eigenvalue weighted by Gasteiger charge is 2.26. The summed E-state index contributed by atoms with van der Waals surface area (Å²) in [7, 11) is 0. The normalized spacial score (nSPS) is 14.8. The molecule has 4 heterocycles. The van der Waals surface area contributed by atoms with Crippen molar-refractivity contribution in [2.45, 2.75) is 13.0 Å². The highest BCUT2D eigenvalue weighted by atomic mass is 32.1. The summed E-state index contributed by atoms with van der Waals surface area (Å²) >= 11 is 1.58. The lowest BCUT2D eigenvalue weighted by Crippen LogP contribution is -2.49. The average Bonchev–Trinajstić information content (AvgIpc) is 3.31. The van der Waals surface area contributed by atoms with Gasteiger partial charge in [-0.25, -0.2) is 4.98 Å². The van der Waals surface area contributed by atoms with Gasteiger partial charge >= 0.3 is 0 Å². The number of amides is 1. The van der Waals surface area contributed by atoms with Crippen LogP contribution in [-0.2, 0) is 0 Å². The Morgan fingerprint density at radius 2 is 1.86 bits per heavy atom. The van der Waals surface area contributed by atoms with Crippen LogP contribution in [0.15, 0.2) is 54.7 Å². The van der Waals surface area contributed by atoms with E-state index < -0.39 is 6.10 Å². The fourth-order valence-corrected chi connectivity index (χ4v) is 5.10. The van der Waals surface area contributed by atoms with Gasteiger partial charge in [-0.2, -0.15) is 4.98 Å².